The zero-order chi connectivity index (χ0) is 51.1. The second kappa shape index (κ2) is 33.5. The van der Waals surface area contributed by atoms with Gasteiger partial charge >= 0.3 is 11.9 Å². The van der Waals surface area contributed by atoms with Crippen LogP contribution in [0.15, 0.2) is 9.98 Å². The molecule has 0 bridgehead atoms. The Morgan fingerprint density at radius 3 is 1.28 bits per heavy atom. The maximum absolute atomic E-state index is 13.9. The largest absolute Gasteiger partial charge is 0.481 e. The van der Waals surface area contributed by atoms with Crippen molar-refractivity contribution in [3.63, 3.8) is 0 Å². The van der Waals surface area contributed by atoms with Crippen LogP contribution in [0.1, 0.15) is 90.4 Å². The number of aliphatic imine (C=N–C) groups is 2. The third-order valence-corrected chi connectivity index (χ3v) is 9.91. The van der Waals surface area contributed by atoms with E-state index in [-0.39, 0.29) is 95.1 Å². The molecule has 0 saturated carbocycles. The van der Waals surface area contributed by atoms with Crippen LogP contribution in [0.2, 0.25) is 0 Å². The lowest BCUT2D eigenvalue weighted by Crippen LogP contribution is -2.59. The summed E-state index contributed by atoms with van der Waals surface area (Å²) in [7, 11) is 0. The SMILES string of the molecule is CSCCC(NC(=O)C(CCC(=O)O)NC(=O)C(CCC(=O)NCCCC(=O)O)NC(C)=O)C(=O)NC(CCC(N)=O)C(=O)NC(CCCN=C(N)N)C(=O)NC(CCCN=C(N)N)C(N)=O. The van der Waals surface area contributed by atoms with Gasteiger partial charge in [-0.2, -0.15) is 11.8 Å². The molecule has 0 radical (unpaired) electrons. The fraction of sp³-hybridized carbons (Fsp3) is 0.658. The summed E-state index contributed by atoms with van der Waals surface area (Å²) in [4.78, 5) is 147. The molecule has 0 aliphatic heterocycles. The number of carboxylic acid groups (broad SMARTS) is 2. The minimum absolute atomic E-state index is 0.0151. The number of nitrogens with zero attached hydrogens (tertiary/aromatic N) is 2. The molecule has 0 aromatic heterocycles. The molecule has 67 heavy (non-hydrogen) atoms. The van der Waals surface area contributed by atoms with Gasteiger partial charge in [0.15, 0.2) is 11.9 Å². The van der Waals surface area contributed by atoms with E-state index in [1.165, 1.54) is 11.8 Å². The number of hydrogen-bond acceptors (Lipinski definition) is 14. The summed E-state index contributed by atoms with van der Waals surface area (Å²) in [6.45, 7) is 1.26. The Labute approximate surface area is 390 Å². The molecule has 21 N–H and O–H groups in total. The first-order valence-corrected chi connectivity index (χ1v) is 22.5. The van der Waals surface area contributed by atoms with E-state index in [1.54, 1.807) is 6.26 Å². The monoisotopic (exact) mass is 973 g/mol. The zero-order valence-corrected chi connectivity index (χ0v) is 38.5. The number of carboxylic acids is 2. The number of thioether (sulfide) groups is 1. The van der Waals surface area contributed by atoms with E-state index in [9.17, 15) is 57.8 Å². The Bertz CT molecular complexity index is 1780. The van der Waals surface area contributed by atoms with Crippen LogP contribution < -0.4 is 71.6 Å². The summed E-state index contributed by atoms with van der Waals surface area (Å²) >= 11 is 1.27. The van der Waals surface area contributed by atoms with E-state index in [0.29, 0.717) is 0 Å². The average Bonchev–Trinajstić information content (AvgIpc) is 3.23. The van der Waals surface area contributed by atoms with E-state index >= 15 is 0 Å². The van der Waals surface area contributed by atoms with Crippen molar-refractivity contribution in [2.45, 2.75) is 127 Å². The number of carbonyl (C=O) groups excluding carboxylic acids is 9. The molecular formula is C38H67N15O13S. The molecule has 9 amide bonds. The molecule has 0 aromatic rings. The van der Waals surface area contributed by atoms with Gasteiger partial charge in [0, 0.05) is 52.2 Å². The molecule has 0 heterocycles. The molecule has 28 nitrogen and oxygen atoms in total. The number of primary amides is 2. The maximum atomic E-state index is 13.9. The predicted molar refractivity (Wildman–Crippen MR) is 244 cm³/mol. The van der Waals surface area contributed by atoms with Crippen molar-refractivity contribution in [1.29, 1.82) is 0 Å². The van der Waals surface area contributed by atoms with Crippen molar-refractivity contribution in [3.05, 3.63) is 0 Å². The Morgan fingerprint density at radius 1 is 0.493 bits per heavy atom. The second-order valence-electron chi connectivity index (χ2n) is 15.0. The van der Waals surface area contributed by atoms with Crippen molar-refractivity contribution in [1.82, 2.24) is 37.2 Å². The zero-order valence-electron chi connectivity index (χ0n) is 37.6. The number of nitrogens with one attached hydrogen (secondary N) is 7. The Hall–Kier alpha value is -6.94. The highest BCUT2D eigenvalue weighted by atomic mass is 32.2. The highest BCUT2D eigenvalue weighted by Gasteiger charge is 2.33. The third kappa shape index (κ3) is 29.3. The van der Waals surface area contributed by atoms with Crippen molar-refractivity contribution in [3.8, 4) is 0 Å². The molecule has 0 aliphatic carbocycles. The summed E-state index contributed by atoms with van der Waals surface area (Å²) in [6, 6.07) is -8.63. The molecule has 0 aliphatic rings. The molecule has 0 aromatic carbocycles. The van der Waals surface area contributed by atoms with Gasteiger partial charge in [0.2, 0.25) is 53.2 Å². The van der Waals surface area contributed by atoms with Gasteiger partial charge < -0.3 is 81.8 Å². The van der Waals surface area contributed by atoms with Crippen LogP contribution in [0.25, 0.3) is 0 Å². The van der Waals surface area contributed by atoms with Crippen LogP contribution in [0.3, 0.4) is 0 Å². The summed E-state index contributed by atoms with van der Waals surface area (Å²) < 4.78 is 0. The smallest absolute Gasteiger partial charge is 0.303 e. The number of amides is 9. The van der Waals surface area contributed by atoms with Crippen LogP contribution >= 0.6 is 11.8 Å². The number of aliphatic carboxylic acids is 2. The summed E-state index contributed by atoms with van der Waals surface area (Å²) in [5.74, 6) is -10.4. The number of hydrogen-bond donors (Lipinski definition) is 15. The van der Waals surface area contributed by atoms with E-state index in [1.807, 2.05) is 0 Å². The topological polar surface area (TPSA) is 493 Å². The Morgan fingerprint density at radius 2 is 0.881 bits per heavy atom. The normalized spacial score (nSPS) is 13.3. The van der Waals surface area contributed by atoms with E-state index in [0.717, 1.165) is 6.92 Å². The van der Waals surface area contributed by atoms with Crippen molar-refractivity contribution in [2.75, 3.05) is 31.6 Å². The average molecular weight is 974 g/mol. The van der Waals surface area contributed by atoms with Gasteiger partial charge in [-0.15, -0.1) is 0 Å². The van der Waals surface area contributed by atoms with Gasteiger partial charge in [0.1, 0.15) is 36.3 Å². The second-order valence-corrected chi connectivity index (χ2v) is 15.9. The molecule has 6 atom stereocenters. The van der Waals surface area contributed by atoms with Gasteiger partial charge in [-0.25, -0.2) is 0 Å². The van der Waals surface area contributed by atoms with Crippen LogP contribution in [0.4, 0.5) is 0 Å². The van der Waals surface area contributed by atoms with E-state index in [4.69, 9.17) is 39.5 Å². The minimum atomic E-state index is -1.61. The van der Waals surface area contributed by atoms with Crippen LogP contribution in [-0.4, -0.2) is 155 Å². The van der Waals surface area contributed by atoms with Crippen LogP contribution in [-0.2, 0) is 52.7 Å². The van der Waals surface area contributed by atoms with Crippen molar-refractivity contribution < 1.29 is 63.0 Å². The Kier molecular flexibility index (Phi) is 30.1. The fourth-order valence-electron chi connectivity index (χ4n) is 5.87. The molecule has 29 heteroatoms. The van der Waals surface area contributed by atoms with Gasteiger partial charge in [-0.3, -0.25) is 62.7 Å². The van der Waals surface area contributed by atoms with Gasteiger partial charge in [-0.05, 0) is 69.8 Å². The summed E-state index contributed by atoms with van der Waals surface area (Å²) in [5.41, 5.74) is 32.4. The summed E-state index contributed by atoms with van der Waals surface area (Å²) in [5, 5.41) is 35.3. The molecule has 0 spiro atoms. The molecule has 0 saturated heterocycles. The van der Waals surface area contributed by atoms with Crippen molar-refractivity contribution in [2.24, 2.45) is 44.4 Å². The lowest BCUT2D eigenvalue weighted by molar-refractivity contribution is -0.139. The fourth-order valence-corrected chi connectivity index (χ4v) is 6.34. The van der Waals surface area contributed by atoms with Gasteiger partial charge in [0.25, 0.3) is 0 Å². The molecule has 6 unspecified atom stereocenters. The molecule has 0 rings (SSSR count). The lowest BCUT2D eigenvalue weighted by atomic mass is 10.0. The quantitative estimate of drug-likeness (QED) is 0.0158. The number of rotatable bonds is 36. The first-order chi connectivity index (χ1) is 31.5. The predicted octanol–water partition coefficient (Wildman–Crippen LogP) is -5.85. The first-order valence-electron chi connectivity index (χ1n) is 21.1. The number of nitrogens with two attached hydrogens (primary N) is 6. The highest BCUT2D eigenvalue weighted by molar-refractivity contribution is 7.98. The van der Waals surface area contributed by atoms with Crippen molar-refractivity contribution >= 4 is 88.8 Å². The van der Waals surface area contributed by atoms with E-state index < -0.39 is 127 Å². The number of guanidine groups is 2. The molecular weight excluding hydrogens is 907 g/mol. The third-order valence-electron chi connectivity index (χ3n) is 9.26. The standard InChI is InChI=1S/C38H67N15O13S/c1-20(54)48-23(10-13-28(56)45-16-5-8-29(57)58)33(63)52-25(11-14-30(59)60)35(65)53-26(15-19-67-2)36(66)51-24(9-12-27(39)55)34(64)50-22(7-4-18-47-38(43)44)32(62)49-21(31(40)61)6-3-17-46-37(41)42/h21-26H,3-19H2,1-2H3,(H2,39,55)(H2,40,61)(H,45,56)(H,48,54)(H,49,62)(H,50,64)(H,51,66)(H,52,63)(H,53,65)(H,57,58)(H,59,60)(H4,41,42,46)(H4,43,44,47). The highest BCUT2D eigenvalue weighted by Crippen LogP contribution is 2.10. The maximum Gasteiger partial charge on any atom is 0.303 e. The van der Waals surface area contributed by atoms with Crippen LogP contribution in [0, 0.1) is 0 Å². The van der Waals surface area contributed by atoms with Crippen LogP contribution in [0.5, 0.6) is 0 Å². The number of carbonyl (C=O) groups is 11. The summed E-state index contributed by atoms with van der Waals surface area (Å²) in [6.07, 6.45) is -0.728. The van der Waals surface area contributed by atoms with E-state index in [2.05, 4.69) is 47.2 Å². The van der Waals surface area contributed by atoms with Gasteiger partial charge in [-0.1, -0.05) is 0 Å². The molecule has 0 fully saturated rings. The Balaban J connectivity index is 6.50. The molecule has 378 valence electrons. The first kappa shape index (κ1) is 60.1. The lowest BCUT2D eigenvalue weighted by Gasteiger charge is -2.27. The minimum Gasteiger partial charge on any atom is -0.481 e. The van der Waals surface area contributed by atoms with Gasteiger partial charge in [0.05, 0.1) is 0 Å².